The lowest BCUT2D eigenvalue weighted by Crippen LogP contribution is -2.17. The molecule has 0 amide bonds. The van der Waals surface area contributed by atoms with Gasteiger partial charge in [-0.2, -0.15) is 5.26 Å². The van der Waals surface area contributed by atoms with E-state index < -0.39 is 17.7 Å². The van der Waals surface area contributed by atoms with Crippen molar-refractivity contribution in [3.8, 4) is 6.07 Å². The number of aromatic amines is 1. The van der Waals surface area contributed by atoms with E-state index in [1.165, 1.54) is 0 Å². The molecule has 1 aliphatic heterocycles. The number of pyridine rings is 1. The van der Waals surface area contributed by atoms with E-state index in [1.807, 2.05) is 6.92 Å². The summed E-state index contributed by atoms with van der Waals surface area (Å²) in [5.41, 5.74) is 9.54. The van der Waals surface area contributed by atoms with E-state index in [0.717, 1.165) is 28.2 Å². The van der Waals surface area contributed by atoms with Crippen molar-refractivity contribution < 1.29 is 19.2 Å². The van der Waals surface area contributed by atoms with Gasteiger partial charge in [0.1, 0.15) is 23.2 Å². The number of oxime groups is 1. The van der Waals surface area contributed by atoms with Gasteiger partial charge in [-0.1, -0.05) is 5.16 Å². The smallest absolute Gasteiger partial charge is 0.371 e. The van der Waals surface area contributed by atoms with Crippen LogP contribution in [0.1, 0.15) is 40.3 Å². The molecule has 4 N–H and O–H groups in total. The quantitative estimate of drug-likeness (QED) is 0.236. The lowest BCUT2D eigenvalue weighted by atomic mass is 10.0. The van der Waals surface area contributed by atoms with Crippen LogP contribution in [0.4, 0.5) is 11.5 Å². The molecule has 162 valence electrons. The molecule has 32 heavy (non-hydrogen) atoms. The second-order valence-electron chi connectivity index (χ2n) is 7.08. The van der Waals surface area contributed by atoms with Gasteiger partial charge in [0, 0.05) is 11.3 Å². The van der Waals surface area contributed by atoms with Crippen LogP contribution >= 0.6 is 0 Å². The molecule has 0 aliphatic carbocycles. The van der Waals surface area contributed by atoms with Gasteiger partial charge < -0.3 is 25.6 Å². The highest BCUT2D eigenvalue weighted by molar-refractivity contribution is 6.42. The number of hydrogen-bond acceptors (Lipinski definition) is 10. The van der Waals surface area contributed by atoms with Crippen LogP contribution < -0.4 is 11.1 Å². The van der Waals surface area contributed by atoms with Crippen LogP contribution in [-0.2, 0) is 20.8 Å². The molecule has 0 bridgehead atoms. The Kier molecular flexibility index (Phi) is 5.43. The molecule has 0 saturated carbocycles. The SMILES string of the molecule is CCOC(=O)/C(C#N)=N/OC(=O)c1ccc2c(c1)CC(c1cc(N)nc3[nH]c(C)nc13)N2. The van der Waals surface area contributed by atoms with Crippen molar-refractivity contribution in [1.82, 2.24) is 15.0 Å². The topological polar surface area (TPSA) is 168 Å². The molecule has 2 aromatic heterocycles. The number of nitrogens with zero attached hydrogens (tertiary/aromatic N) is 4. The first-order valence-corrected chi connectivity index (χ1v) is 9.78. The van der Waals surface area contributed by atoms with E-state index in [2.05, 4.69) is 30.2 Å². The standard InChI is InChI=1S/C21H19N7O4/c1-3-31-21(30)16(9-22)28-32-20(29)11-4-5-14-12(6-11)7-15(26-14)13-8-17(23)27-19-18(13)24-10(2)25-19/h4-6,8,15,26H,3,7H2,1-2H3,(H3,23,24,25,27)/b28-16+. The molecule has 1 aliphatic rings. The van der Waals surface area contributed by atoms with E-state index in [1.54, 1.807) is 37.3 Å². The summed E-state index contributed by atoms with van der Waals surface area (Å²) < 4.78 is 4.68. The van der Waals surface area contributed by atoms with Crippen molar-refractivity contribution in [2.24, 2.45) is 5.16 Å². The van der Waals surface area contributed by atoms with E-state index >= 15 is 0 Å². The second-order valence-corrected chi connectivity index (χ2v) is 7.08. The Labute approximate surface area is 182 Å². The molecule has 4 rings (SSSR count). The highest BCUT2D eigenvalue weighted by Crippen LogP contribution is 2.37. The summed E-state index contributed by atoms with van der Waals surface area (Å²) in [5, 5.41) is 15.7. The van der Waals surface area contributed by atoms with Crippen LogP contribution in [0.15, 0.2) is 29.4 Å². The lowest BCUT2D eigenvalue weighted by molar-refractivity contribution is -0.135. The molecule has 11 nitrogen and oxygen atoms in total. The number of fused-ring (bicyclic) bond motifs is 2. The fourth-order valence-electron chi connectivity index (χ4n) is 3.54. The Balaban J connectivity index is 1.54. The van der Waals surface area contributed by atoms with Crippen molar-refractivity contribution in [1.29, 1.82) is 5.26 Å². The van der Waals surface area contributed by atoms with E-state index in [0.29, 0.717) is 17.9 Å². The Hall–Kier alpha value is -4.46. The van der Waals surface area contributed by atoms with Crippen LogP contribution in [0, 0.1) is 18.3 Å². The summed E-state index contributed by atoms with van der Waals surface area (Å²) in [6.07, 6.45) is 0.580. The Morgan fingerprint density at radius 1 is 1.34 bits per heavy atom. The zero-order valence-corrected chi connectivity index (χ0v) is 17.3. The number of carbonyl (C=O) groups excluding carboxylic acids is 2. The van der Waals surface area contributed by atoms with Gasteiger partial charge in [0.2, 0.25) is 0 Å². The number of ether oxygens (including phenoxy) is 1. The number of imidazole rings is 1. The molecular formula is C21H19N7O4. The summed E-state index contributed by atoms with van der Waals surface area (Å²) in [5.74, 6) is -0.641. The van der Waals surface area contributed by atoms with Crippen LogP contribution in [-0.4, -0.2) is 39.2 Å². The number of nitrogen functional groups attached to an aromatic ring is 1. The van der Waals surface area contributed by atoms with Gasteiger partial charge in [0.25, 0.3) is 5.71 Å². The van der Waals surface area contributed by atoms with Crippen molar-refractivity contribution in [2.45, 2.75) is 26.3 Å². The fourth-order valence-corrected chi connectivity index (χ4v) is 3.54. The number of benzene rings is 1. The number of aryl methyl sites for hydroxylation is 1. The van der Waals surface area contributed by atoms with Crippen LogP contribution in [0.25, 0.3) is 11.2 Å². The molecule has 3 aromatic rings. The highest BCUT2D eigenvalue weighted by atomic mass is 16.7. The molecule has 11 heteroatoms. The van der Waals surface area contributed by atoms with Gasteiger partial charge >= 0.3 is 11.9 Å². The minimum atomic E-state index is -0.958. The fraction of sp³-hybridized carbons (Fsp3) is 0.238. The number of hydrogen-bond donors (Lipinski definition) is 3. The average Bonchev–Trinajstić information content (AvgIpc) is 3.35. The molecular weight excluding hydrogens is 414 g/mol. The van der Waals surface area contributed by atoms with Gasteiger partial charge in [-0.15, -0.1) is 0 Å². The molecule has 0 spiro atoms. The third kappa shape index (κ3) is 3.93. The molecule has 0 radical (unpaired) electrons. The van der Waals surface area contributed by atoms with Gasteiger partial charge in [-0.25, -0.2) is 19.6 Å². The van der Waals surface area contributed by atoms with E-state index in [9.17, 15) is 9.59 Å². The third-order valence-corrected chi connectivity index (χ3v) is 4.89. The number of H-pyrrole nitrogens is 1. The average molecular weight is 433 g/mol. The summed E-state index contributed by atoms with van der Waals surface area (Å²) in [4.78, 5) is 40.6. The number of nitriles is 1. The lowest BCUT2D eigenvalue weighted by Gasteiger charge is -2.12. The van der Waals surface area contributed by atoms with Crippen LogP contribution in [0.5, 0.6) is 0 Å². The van der Waals surface area contributed by atoms with Crippen molar-refractivity contribution >= 4 is 40.3 Å². The molecule has 3 heterocycles. The molecule has 0 saturated heterocycles. The maximum atomic E-state index is 12.4. The maximum absolute atomic E-state index is 12.4. The second kappa shape index (κ2) is 8.35. The maximum Gasteiger partial charge on any atom is 0.371 e. The van der Waals surface area contributed by atoms with E-state index in [-0.39, 0.29) is 18.2 Å². The van der Waals surface area contributed by atoms with Crippen LogP contribution in [0.2, 0.25) is 0 Å². The predicted molar refractivity (Wildman–Crippen MR) is 115 cm³/mol. The summed E-state index contributed by atoms with van der Waals surface area (Å²) in [6.45, 7) is 3.50. The molecule has 0 fully saturated rings. The Morgan fingerprint density at radius 2 is 2.16 bits per heavy atom. The number of nitrogens with one attached hydrogen (secondary N) is 2. The van der Waals surface area contributed by atoms with Crippen molar-refractivity contribution in [2.75, 3.05) is 17.7 Å². The van der Waals surface area contributed by atoms with E-state index in [4.69, 9.17) is 15.8 Å². The minimum absolute atomic E-state index is 0.0692. The molecule has 1 unspecified atom stereocenters. The Morgan fingerprint density at radius 3 is 2.91 bits per heavy atom. The number of carbonyl (C=O) groups is 2. The first-order chi connectivity index (χ1) is 15.4. The largest absolute Gasteiger partial charge is 0.461 e. The van der Waals surface area contributed by atoms with Gasteiger partial charge in [0.15, 0.2) is 5.65 Å². The Bertz CT molecular complexity index is 1310. The first-order valence-electron chi connectivity index (χ1n) is 9.78. The minimum Gasteiger partial charge on any atom is -0.461 e. The zero-order valence-electron chi connectivity index (χ0n) is 17.3. The monoisotopic (exact) mass is 433 g/mol. The summed E-state index contributed by atoms with van der Waals surface area (Å²) >= 11 is 0. The number of rotatable bonds is 5. The van der Waals surface area contributed by atoms with Gasteiger partial charge in [-0.05, 0) is 50.1 Å². The first kappa shape index (κ1) is 20.8. The number of aromatic nitrogens is 3. The van der Waals surface area contributed by atoms with Gasteiger partial charge in [0.05, 0.1) is 18.2 Å². The highest BCUT2D eigenvalue weighted by Gasteiger charge is 2.26. The molecule has 1 atom stereocenters. The zero-order chi connectivity index (χ0) is 22.8. The van der Waals surface area contributed by atoms with Crippen LogP contribution in [0.3, 0.4) is 0 Å². The third-order valence-electron chi connectivity index (χ3n) is 4.89. The van der Waals surface area contributed by atoms with Crippen molar-refractivity contribution in [3.63, 3.8) is 0 Å². The predicted octanol–water partition coefficient (Wildman–Crippen LogP) is 2.16. The molecule has 1 aromatic carbocycles. The summed E-state index contributed by atoms with van der Waals surface area (Å²) in [7, 11) is 0. The normalized spacial score (nSPS) is 15.0. The number of nitrogens with two attached hydrogens (primary N) is 1. The number of esters is 1. The van der Waals surface area contributed by atoms with Gasteiger partial charge in [-0.3, -0.25) is 0 Å². The summed E-state index contributed by atoms with van der Waals surface area (Å²) in [6, 6.07) is 8.21. The number of anilines is 2. The van der Waals surface area contributed by atoms with Crippen molar-refractivity contribution in [3.05, 3.63) is 46.8 Å².